The number of anilines is 1. The van der Waals surface area contributed by atoms with Gasteiger partial charge in [0.2, 0.25) is 5.91 Å². The Morgan fingerprint density at radius 3 is 2.42 bits per heavy atom. The fraction of sp³-hybridized carbons (Fsp3) is 0.263. The maximum absolute atomic E-state index is 12.3. The summed E-state index contributed by atoms with van der Waals surface area (Å²) in [6.45, 7) is 3.20. The molecule has 1 saturated heterocycles. The van der Waals surface area contributed by atoms with Crippen LogP contribution in [0.4, 0.5) is 10.5 Å². The first-order chi connectivity index (χ1) is 11.6. The van der Waals surface area contributed by atoms with Gasteiger partial charge in [-0.1, -0.05) is 48.0 Å². The summed E-state index contributed by atoms with van der Waals surface area (Å²) in [7, 11) is 0. The second-order valence-electron chi connectivity index (χ2n) is 5.84. The van der Waals surface area contributed by atoms with E-state index < -0.39 is 6.09 Å². The minimum atomic E-state index is -0.448. The molecule has 1 heterocycles. The minimum absolute atomic E-state index is 0.0432. The van der Waals surface area contributed by atoms with Crippen LogP contribution in [0.25, 0.3) is 0 Å². The standard InChI is InChI=1S/C19H20N2O3/c1-15-7-9-17(10-8-15)21-12-11-20(13-18(21)22)19(23)24-14-16-5-3-2-4-6-16/h2-10H,11-14H2,1H3. The van der Waals surface area contributed by atoms with Crippen LogP contribution in [0.3, 0.4) is 0 Å². The van der Waals surface area contributed by atoms with Crippen LogP contribution in [-0.2, 0) is 16.1 Å². The monoisotopic (exact) mass is 324 g/mol. The van der Waals surface area contributed by atoms with Gasteiger partial charge in [0.1, 0.15) is 13.2 Å². The fourth-order valence-corrected chi connectivity index (χ4v) is 2.64. The van der Waals surface area contributed by atoms with Gasteiger partial charge in [-0.2, -0.15) is 0 Å². The molecule has 3 rings (SSSR count). The SMILES string of the molecule is Cc1ccc(N2CCN(C(=O)OCc3ccccc3)CC2=O)cc1. The fourth-order valence-electron chi connectivity index (χ4n) is 2.64. The first-order valence-corrected chi connectivity index (χ1v) is 7.96. The predicted octanol–water partition coefficient (Wildman–Crippen LogP) is 2.98. The molecule has 0 bridgehead atoms. The molecular formula is C19H20N2O3. The number of carbonyl (C=O) groups excluding carboxylic acids is 2. The zero-order chi connectivity index (χ0) is 16.9. The van der Waals surface area contributed by atoms with Crippen molar-refractivity contribution in [2.45, 2.75) is 13.5 Å². The van der Waals surface area contributed by atoms with Crippen molar-refractivity contribution in [3.63, 3.8) is 0 Å². The van der Waals surface area contributed by atoms with E-state index in [9.17, 15) is 9.59 Å². The van der Waals surface area contributed by atoms with E-state index >= 15 is 0 Å². The topological polar surface area (TPSA) is 49.9 Å². The Kier molecular flexibility index (Phi) is 4.79. The molecule has 0 aliphatic carbocycles. The molecule has 5 nitrogen and oxygen atoms in total. The number of aryl methyl sites for hydroxylation is 1. The Morgan fingerprint density at radius 1 is 1.04 bits per heavy atom. The summed E-state index contributed by atoms with van der Waals surface area (Å²) in [5.74, 6) is -0.0956. The quantitative estimate of drug-likeness (QED) is 0.872. The highest BCUT2D eigenvalue weighted by molar-refractivity contribution is 5.97. The first kappa shape index (κ1) is 16.1. The zero-order valence-electron chi connectivity index (χ0n) is 13.6. The molecule has 124 valence electrons. The number of amides is 2. The molecule has 24 heavy (non-hydrogen) atoms. The van der Waals surface area contributed by atoms with Gasteiger partial charge < -0.3 is 9.64 Å². The second kappa shape index (κ2) is 7.17. The molecule has 0 saturated carbocycles. The van der Waals surface area contributed by atoms with Gasteiger partial charge in [0.25, 0.3) is 0 Å². The van der Waals surface area contributed by atoms with Crippen molar-refractivity contribution in [3.8, 4) is 0 Å². The van der Waals surface area contributed by atoms with Crippen molar-refractivity contribution in [1.29, 1.82) is 0 Å². The Hall–Kier alpha value is -2.82. The lowest BCUT2D eigenvalue weighted by molar-refractivity contribution is -0.120. The molecule has 1 aliphatic heterocycles. The van der Waals surface area contributed by atoms with E-state index in [1.54, 1.807) is 4.90 Å². The minimum Gasteiger partial charge on any atom is -0.445 e. The summed E-state index contributed by atoms with van der Waals surface area (Å²) in [6.07, 6.45) is -0.448. The Balaban J connectivity index is 1.55. The van der Waals surface area contributed by atoms with Gasteiger partial charge in [0.15, 0.2) is 0 Å². The average Bonchev–Trinajstić information content (AvgIpc) is 2.61. The molecule has 2 amide bonds. The molecule has 0 radical (unpaired) electrons. The summed E-state index contributed by atoms with van der Waals surface area (Å²) >= 11 is 0. The van der Waals surface area contributed by atoms with Crippen LogP contribution in [0, 0.1) is 6.92 Å². The van der Waals surface area contributed by atoms with Crippen molar-refractivity contribution in [2.75, 3.05) is 24.5 Å². The third-order valence-electron chi connectivity index (χ3n) is 4.03. The lowest BCUT2D eigenvalue weighted by Gasteiger charge is -2.33. The number of hydrogen-bond donors (Lipinski definition) is 0. The third-order valence-corrected chi connectivity index (χ3v) is 4.03. The summed E-state index contributed by atoms with van der Waals surface area (Å²) in [5.41, 5.74) is 2.94. The summed E-state index contributed by atoms with van der Waals surface area (Å²) < 4.78 is 5.29. The number of piperazine rings is 1. The molecule has 2 aromatic rings. The smallest absolute Gasteiger partial charge is 0.410 e. The van der Waals surface area contributed by atoms with Gasteiger partial charge >= 0.3 is 6.09 Å². The molecule has 0 atom stereocenters. The predicted molar refractivity (Wildman–Crippen MR) is 91.7 cm³/mol. The maximum atomic E-state index is 12.3. The summed E-state index contributed by atoms with van der Waals surface area (Å²) in [4.78, 5) is 27.6. The number of carbonyl (C=O) groups is 2. The largest absolute Gasteiger partial charge is 0.445 e. The van der Waals surface area contributed by atoms with Crippen molar-refractivity contribution in [3.05, 3.63) is 65.7 Å². The van der Waals surface area contributed by atoms with Crippen LogP contribution < -0.4 is 4.90 Å². The molecule has 0 unspecified atom stereocenters. The van der Waals surface area contributed by atoms with Crippen molar-refractivity contribution < 1.29 is 14.3 Å². The van der Waals surface area contributed by atoms with Gasteiger partial charge in [-0.15, -0.1) is 0 Å². The molecular weight excluding hydrogens is 304 g/mol. The highest BCUT2D eigenvalue weighted by Crippen LogP contribution is 2.18. The van der Waals surface area contributed by atoms with Gasteiger partial charge in [-0.25, -0.2) is 4.79 Å². The number of hydrogen-bond acceptors (Lipinski definition) is 3. The zero-order valence-corrected chi connectivity index (χ0v) is 13.6. The van der Waals surface area contributed by atoms with E-state index in [4.69, 9.17) is 4.74 Å². The average molecular weight is 324 g/mol. The van der Waals surface area contributed by atoms with Gasteiger partial charge in [0.05, 0.1) is 0 Å². The highest BCUT2D eigenvalue weighted by Gasteiger charge is 2.28. The Morgan fingerprint density at radius 2 is 1.75 bits per heavy atom. The van der Waals surface area contributed by atoms with Crippen LogP contribution in [0.5, 0.6) is 0 Å². The van der Waals surface area contributed by atoms with Crippen LogP contribution >= 0.6 is 0 Å². The van der Waals surface area contributed by atoms with Gasteiger partial charge in [-0.05, 0) is 24.6 Å². The van der Waals surface area contributed by atoms with E-state index in [-0.39, 0.29) is 19.1 Å². The molecule has 0 aromatic heterocycles. The van der Waals surface area contributed by atoms with E-state index in [2.05, 4.69) is 0 Å². The third kappa shape index (κ3) is 3.74. The summed E-state index contributed by atoms with van der Waals surface area (Å²) in [6, 6.07) is 17.3. The Labute approximate surface area is 141 Å². The van der Waals surface area contributed by atoms with E-state index in [1.807, 2.05) is 61.5 Å². The van der Waals surface area contributed by atoms with Crippen LogP contribution in [-0.4, -0.2) is 36.5 Å². The molecule has 1 aliphatic rings. The van der Waals surface area contributed by atoms with Crippen LogP contribution in [0.2, 0.25) is 0 Å². The van der Waals surface area contributed by atoms with Crippen LogP contribution in [0.15, 0.2) is 54.6 Å². The van der Waals surface area contributed by atoms with Crippen LogP contribution in [0.1, 0.15) is 11.1 Å². The van der Waals surface area contributed by atoms with Gasteiger partial charge in [-0.3, -0.25) is 9.69 Å². The number of rotatable bonds is 3. The Bertz CT molecular complexity index is 713. The summed E-state index contributed by atoms with van der Waals surface area (Å²) in [5, 5.41) is 0. The maximum Gasteiger partial charge on any atom is 0.410 e. The number of benzene rings is 2. The molecule has 5 heteroatoms. The van der Waals surface area contributed by atoms with E-state index in [0.29, 0.717) is 13.1 Å². The van der Waals surface area contributed by atoms with E-state index in [1.165, 1.54) is 4.90 Å². The molecule has 0 N–H and O–H groups in total. The van der Waals surface area contributed by atoms with E-state index in [0.717, 1.165) is 16.8 Å². The normalized spacial score (nSPS) is 14.6. The number of ether oxygens (including phenoxy) is 1. The number of nitrogens with zero attached hydrogens (tertiary/aromatic N) is 2. The lowest BCUT2D eigenvalue weighted by Crippen LogP contribution is -2.52. The first-order valence-electron chi connectivity index (χ1n) is 7.96. The van der Waals surface area contributed by atoms with Crippen molar-refractivity contribution in [2.24, 2.45) is 0 Å². The lowest BCUT2D eigenvalue weighted by atomic mass is 10.2. The molecule has 1 fully saturated rings. The second-order valence-corrected chi connectivity index (χ2v) is 5.84. The molecule has 2 aromatic carbocycles. The van der Waals surface area contributed by atoms with Crippen molar-refractivity contribution in [1.82, 2.24) is 4.90 Å². The molecule has 0 spiro atoms. The van der Waals surface area contributed by atoms with Gasteiger partial charge in [0, 0.05) is 18.8 Å². The van der Waals surface area contributed by atoms with Crippen molar-refractivity contribution >= 4 is 17.7 Å². The highest BCUT2D eigenvalue weighted by atomic mass is 16.6.